The molecule has 2 aliphatic heterocycles. The van der Waals surface area contributed by atoms with Gasteiger partial charge in [-0.1, -0.05) is 12.1 Å². The Balaban J connectivity index is 1.57. The number of benzene rings is 2. The Hall–Kier alpha value is -2.44. The fraction of sp³-hybridized carbons (Fsp3) is 0.455. The second-order valence-corrected chi connectivity index (χ2v) is 7.06. The molecule has 2 aliphatic rings. The average Bonchev–Trinajstić information content (AvgIpc) is 3.35. The largest absolute Gasteiger partial charge is 0.493 e. The van der Waals surface area contributed by atoms with E-state index < -0.39 is 0 Å². The summed E-state index contributed by atoms with van der Waals surface area (Å²) in [6.07, 6.45) is -0.0371. The van der Waals surface area contributed by atoms with E-state index in [2.05, 4.69) is 0 Å². The van der Waals surface area contributed by atoms with Crippen LogP contribution in [0.2, 0.25) is 0 Å². The molecule has 1 unspecified atom stereocenters. The number of ether oxygens (including phenoxy) is 6. The zero-order valence-electron chi connectivity index (χ0n) is 16.6. The number of hydrogen-bond acceptors (Lipinski definition) is 6. The van der Waals surface area contributed by atoms with Crippen LogP contribution in [0.15, 0.2) is 36.4 Å². The second kappa shape index (κ2) is 7.89. The summed E-state index contributed by atoms with van der Waals surface area (Å²) < 4.78 is 34.0. The van der Waals surface area contributed by atoms with Crippen LogP contribution in [0, 0.1) is 11.8 Å². The summed E-state index contributed by atoms with van der Waals surface area (Å²) in [4.78, 5) is 0. The maximum atomic E-state index is 6.20. The first-order valence-electron chi connectivity index (χ1n) is 9.37. The van der Waals surface area contributed by atoms with Crippen molar-refractivity contribution in [2.45, 2.75) is 12.2 Å². The van der Waals surface area contributed by atoms with Gasteiger partial charge < -0.3 is 28.4 Å². The van der Waals surface area contributed by atoms with Gasteiger partial charge in [0.15, 0.2) is 23.0 Å². The summed E-state index contributed by atoms with van der Waals surface area (Å²) in [5.41, 5.74) is 2.17. The third-order valence-corrected chi connectivity index (χ3v) is 5.74. The Morgan fingerprint density at radius 1 is 0.607 bits per heavy atom. The fourth-order valence-electron chi connectivity index (χ4n) is 4.29. The van der Waals surface area contributed by atoms with Crippen molar-refractivity contribution < 1.29 is 28.4 Å². The van der Waals surface area contributed by atoms with Gasteiger partial charge >= 0.3 is 0 Å². The summed E-state index contributed by atoms with van der Waals surface area (Å²) in [5.74, 6) is 3.43. The van der Waals surface area contributed by atoms with Gasteiger partial charge in [-0.05, 0) is 35.4 Å². The lowest BCUT2D eigenvalue weighted by atomic mass is 9.85. The zero-order chi connectivity index (χ0) is 19.7. The van der Waals surface area contributed by atoms with E-state index in [1.165, 1.54) is 0 Å². The van der Waals surface area contributed by atoms with Crippen LogP contribution >= 0.6 is 0 Å². The molecule has 0 radical (unpaired) electrons. The Bertz CT molecular complexity index is 766. The Morgan fingerprint density at radius 2 is 1.00 bits per heavy atom. The summed E-state index contributed by atoms with van der Waals surface area (Å²) in [6.45, 7) is 1.31. The van der Waals surface area contributed by atoms with Crippen molar-refractivity contribution in [2.24, 2.45) is 11.8 Å². The SMILES string of the molecule is COc1ccc(C2OC[C@H]3[C@H](c4ccc(OC)c(OC)c4)OC[C@@H]23)cc1OC. The summed E-state index contributed by atoms with van der Waals surface area (Å²) in [5, 5.41) is 0. The standard InChI is InChI=1S/C22H26O6/c1-23-17-7-5-13(9-19(17)25-3)21-15-11-28-22(16(15)12-27-21)14-6-8-18(24-2)20(10-14)26-4/h5-10,15-16,21-22H,11-12H2,1-4H3/t15-,16-,21+,22?/m1/s1. The Labute approximate surface area is 165 Å². The molecule has 0 aliphatic carbocycles. The number of fused-ring (bicyclic) bond motifs is 1. The zero-order valence-corrected chi connectivity index (χ0v) is 16.6. The molecule has 0 N–H and O–H groups in total. The van der Waals surface area contributed by atoms with Gasteiger partial charge in [0.05, 0.1) is 53.9 Å². The molecule has 6 nitrogen and oxygen atoms in total. The first kappa shape index (κ1) is 18.9. The van der Waals surface area contributed by atoms with Gasteiger partial charge in [-0.2, -0.15) is 0 Å². The van der Waals surface area contributed by atoms with Gasteiger partial charge in [0, 0.05) is 11.8 Å². The number of methoxy groups -OCH3 is 4. The molecule has 2 fully saturated rings. The first-order chi connectivity index (χ1) is 13.7. The highest BCUT2D eigenvalue weighted by molar-refractivity contribution is 5.45. The molecule has 150 valence electrons. The van der Waals surface area contributed by atoms with Crippen LogP contribution in [0.3, 0.4) is 0 Å². The molecule has 4 atom stereocenters. The smallest absolute Gasteiger partial charge is 0.161 e. The molecular formula is C22H26O6. The van der Waals surface area contributed by atoms with Gasteiger partial charge in [-0.15, -0.1) is 0 Å². The predicted molar refractivity (Wildman–Crippen MR) is 103 cm³/mol. The van der Waals surface area contributed by atoms with Crippen LogP contribution in [-0.2, 0) is 9.47 Å². The van der Waals surface area contributed by atoms with Crippen LogP contribution in [0.5, 0.6) is 23.0 Å². The minimum absolute atomic E-state index is 0.0186. The van der Waals surface area contributed by atoms with Crippen molar-refractivity contribution in [1.29, 1.82) is 0 Å². The summed E-state index contributed by atoms with van der Waals surface area (Å²) in [6, 6.07) is 11.9. The molecule has 2 aromatic carbocycles. The molecule has 2 heterocycles. The van der Waals surface area contributed by atoms with Gasteiger partial charge in [0.25, 0.3) is 0 Å². The molecule has 6 heteroatoms. The maximum Gasteiger partial charge on any atom is 0.161 e. The van der Waals surface area contributed by atoms with E-state index >= 15 is 0 Å². The Kier molecular flexibility index (Phi) is 5.33. The highest BCUT2D eigenvalue weighted by atomic mass is 16.5. The fourth-order valence-corrected chi connectivity index (χ4v) is 4.29. The third kappa shape index (κ3) is 3.16. The monoisotopic (exact) mass is 386 g/mol. The minimum Gasteiger partial charge on any atom is -0.493 e. The summed E-state index contributed by atoms with van der Waals surface area (Å²) >= 11 is 0. The van der Waals surface area contributed by atoms with E-state index in [4.69, 9.17) is 28.4 Å². The normalized spacial score (nSPS) is 26.0. The van der Waals surface area contributed by atoms with E-state index in [0.717, 1.165) is 11.1 Å². The predicted octanol–water partition coefficient (Wildman–Crippen LogP) is 3.80. The average molecular weight is 386 g/mol. The lowest BCUT2D eigenvalue weighted by Crippen LogP contribution is -2.14. The van der Waals surface area contributed by atoms with Crippen LogP contribution in [0.25, 0.3) is 0 Å². The second-order valence-electron chi connectivity index (χ2n) is 7.06. The topological polar surface area (TPSA) is 55.4 Å². The van der Waals surface area contributed by atoms with Crippen LogP contribution in [0.1, 0.15) is 23.3 Å². The Morgan fingerprint density at radius 3 is 1.36 bits per heavy atom. The van der Waals surface area contributed by atoms with Crippen molar-refractivity contribution >= 4 is 0 Å². The van der Waals surface area contributed by atoms with Crippen LogP contribution in [0.4, 0.5) is 0 Å². The van der Waals surface area contributed by atoms with Crippen LogP contribution in [-0.4, -0.2) is 41.7 Å². The number of rotatable bonds is 6. The van der Waals surface area contributed by atoms with Crippen molar-refractivity contribution in [3.05, 3.63) is 47.5 Å². The molecule has 2 saturated heterocycles. The van der Waals surface area contributed by atoms with Gasteiger partial charge in [0.2, 0.25) is 0 Å². The quantitative estimate of drug-likeness (QED) is 0.753. The first-order valence-corrected chi connectivity index (χ1v) is 9.37. The highest BCUT2D eigenvalue weighted by Gasteiger charge is 2.48. The van der Waals surface area contributed by atoms with E-state index in [9.17, 15) is 0 Å². The minimum atomic E-state index is -0.0186. The van der Waals surface area contributed by atoms with Gasteiger partial charge in [-0.25, -0.2) is 0 Å². The van der Waals surface area contributed by atoms with Gasteiger partial charge in [-0.3, -0.25) is 0 Å². The van der Waals surface area contributed by atoms with E-state index in [0.29, 0.717) is 36.2 Å². The highest BCUT2D eigenvalue weighted by Crippen LogP contribution is 2.51. The van der Waals surface area contributed by atoms with Crippen molar-refractivity contribution in [3.8, 4) is 23.0 Å². The third-order valence-electron chi connectivity index (χ3n) is 5.74. The molecule has 0 bridgehead atoms. The van der Waals surface area contributed by atoms with E-state index in [1.54, 1.807) is 28.4 Å². The molecule has 0 amide bonds. The number of hydrogen-bond donors (Lipinski definition) is 0. The molecule has 0 spiro atoms. The molecule has 0 saturated carbocycles. The van der Waals surface area contributed by atoms with E-state index in [1.807, 2.05) is 36.4 Å². The van der Waals surface area contributed by atoms with Crippen molar-refractivity contribution in [3.63, 3.8) is 0 Å². The van der Waals surface area contributed by atoms with E-state index in [-0.39, 0.29) is 24.0 Å². The lowest BCUT2D eigenvalue weighted by Gasteiger charge is -2.18. The van der Waals surface area contributed by atoms with Gasteiger partial charge in [0.1, 0.15) is 0 Å². The molecular weight excluding hydrogens is 360 g/mol. The van der Waals surface area contributed by atoms with Crippen LogP contribution < -0.4 is 18.9 Å². The van der Waals surface area contributed by atoms with Crippen molar-refractivity contribution in [1.82, 2.24) is 0 Å². The molecule has 2 aromatic rings. The maximum absolute atomic E-state index is 6.20. The molecule has 4 rings (SSSR count). The molecule has 28 heavy (non-hydrogen) atoms. The molecule has 0 aromatic heterocycles. The van der Waals surface area contributed by atoms with Crippen molar-refractivity contribution in [2.75, 3.05) is 41.7 Å². The lowest BCUT2D eigenvalue weighted by molar-refractivity contribution is 0.0191. The summed E-state index contributed by atoms with van der Waals surface area (Å²) in [7, 11) is 6.56.